The summed E-state index contributed by atoms with van der Waals surface area (Å²) in [6.07, 6.45) is 5.29. The summed E-state index contributed by atoms with van der Waals surface area (Å²) in [4.78, 5) is 0. The number of benzene rings is 1. The third-order valence-electron chi connectivity index (χ3n) is 3.55. The van der Waals surface area contributed by atoms with Gasteiger partial charge in [0.15, 0.2) is 0 Å². The van der Waals surface area contributed by atoms with Crippen LogP contribution in [0.15, 0.2) is 24.3 Å². The molecule has 1 saturated heterocycles. The average Bonchev–Trinajstić information content (AvgIpc) is 2.42. The smallest absolute Gasteiger partial charge is 0.0406 e. The number of hydrogen-bond donors (Lipinski definition) is 1. The molecule has 0 aliphatic carbocycles. The largest absolute Gasteiger partial charge is 0.309 e. The quantitative estimate of drug-likeness (QED) is 0.843. The second kappa shape index (κ2) is 7.42. The number of halogens is 1. The van der Waals surface area contributed by atoms with Gasteiger partial charge >= 0.3 is 0 Å². The summed E-state index contributed by atoms with van der Waals surface area (Å²) in [5.41, 5.74) is 1.35. The third kappa shape index (κ3) is 4.18. The minimum atomic E-state index is 0.463. The summed E-state index contributed by atoms with van der Waals surface area (Å²) in [5.74, 6) is 1.34. The van der Waals surface area contributed by atoms with Crippen LogP contribution in [0.5, 0.6) is 0 Å². The molecule has 1 N–H and O–H groups in total. The minimum absolute atomic E-state index is 0.463. The lowest BCUT2D eigenvalue weighted by Crippen LogP contribution is -2.30. The first kappa shape index (κ1) is 14.2. The molecule has 3 heteroatoms. The van der Waals surface area contributed by atoms with Crippen molar-refractivity contribution in [2.45, 2.75) is 43.9 Å². The lowest BCUT2D eigenvalue weighted by molar-refractivity contribution is 0.500. The lowest BCUT2D eigenvalue weighted by Gasteiger charge is -2.25. The number of nitrogens with one attached hydrogen (secondary N) is 1. The molecule has 2 unspecified atom stereocenters. The molecule has 2 rings (SSSR count). The van der Waals surface area contributed by atoms with Crippen molar-refractivity contribution in [1.82, 2.24) is 5.32 Å². The summed E-state index contributed by atoms with van der Waals surface area (Å²) in [6.45, 7) is 3.37. The van der Waals surface area contributed by atoms with Gasteiger partial charge in [-0.25, -0.2) is 0 Å². The first-order chi connectivity index (χ1) is 8.79. The Labute approximate surface area is 120 Å². The van der Waals surface area contributed by atoms with Crippen molar-refractivity contribution in [2.24, 2.45) is 0 Å². The van der Waals surface area contributed by atoms with Gasteiger partial charge < -0.3 is 5.32 Å². The second-order valence-corrected chi connectivity index (χ2v) is 6.75. The van der Waals surface area contributed by atoms with Crippen molar-refractivity contribution in [2.75, 3.05) is 12.3 Å². The van der Waals surface area contributed by atoms with E-state index < -0.39 is 0 Å². The SMILES string of the molecule is CCC(NCC1CCCCS1)c1ccc(Cl)cc1. The van der Waals surface area contributed by atoms with Crippen molar-refractivity contribution in [1.29, 1.82) is 0 Å². The van der Waals surface area contributed by atoms with E-state index >= 15 is 0 Å². The highest BCUT2D eigenvalue weighted by atomic mass is 35.5. The van der Waals surface area contributed by atoms with Crippen LogP contribution in [0.3, 0.4) is 0 Å². The Morgan fingerprint density at radius 1 is 1.33 bits per heavy atom. The zero-order valence-electron chi connectivity index (χ0n) is 11.0. The zero-order chi connectivity index (χ0) is 12.8. The van der Waals surface area contributed by atoms with Crippen LogP contribution in [-0.4, -0.2) is 17.5 Å². The number of thioether (sulfide) groups is 1. The molecule has 0 radical (unpaired) electrons. The van der Waals surface area contributed by atoms with E-state index in [-0.39, 0.29) is 0 Å². The van der Waals surface area contributed by atoms with Crippen molar-refractivity contribution in [3.8, 4) is 0 Å². The van der Waals surface area contributed by atoms with E-state index in [9.17, 15) is 0 Å². The Bertz CT molecular complexity index is 346. The maximum Gasteiger partial charge on any atom is 0.0406 e. The Hall–Kier alpha value is -0.180. The van der Waals surface area contributed by atoms with Crippen LogP contribution >= 0.6 is 23.4 Å². The van der Waals surface area contributed by atoms with Crippen molar-refractivity contribution in [3.05, 3.63) is 34.9 Å². The fraction of sp³-hybridized carbons (Fsp3) is 0.600. The molecular weight excluding hydrogens is 262 g/mol. The van der Waals surface area contributed by atoms with Gasteiger partial charge in [-0.05, 0) is 42.7 Å². The number of hydrogen-bond acceptors (Lipinski definition) is 2. The van der Waals surface area contributed by atoms with Crippen molar-refractivity contribution < 1.29 is 0 Å². The van der Waals surface area contributed by atoms with Gasteiger partial charge in [-0.1, -0.05) is 37.1 Å². The highest BCUT2D eigenvalue weighted by molar-refractivity contribution is 7.99. The molecule has 1 aliphatic heterocycles. The highest BCUT2D eigenvalue weighted by Gasteiger charge is 2.16. The van der Waals surface area contributed by atoms with Gasteiger partial charge in [0.25, 0.3) is 0 Å². The topological polar surface area (TPSA) is 12.0 Å². The molecule has 1 aromatic carbocycles. The van der Waals surface area contributed by atoms with Crippen LogP contribution in [0.1, 0.15) is 44.2 Å². The third-order valence-corrected chi connectivity index (χ3v) is 5.20. The highest BCUT2D eigenvalue weighted by Crippen LogP contribution is 2.26. The summed E-state index contributed by atoms with van der Waals surface area (Å²) in [6, 6.07) is 8.70. The van der Waals surface area contributed by atoms with Crippen molar-refractivity contribution in [3.63, 3.8) is 0 Å². The Kier molecular flexibility index (Phi) is 5.87. The maximum atomic E-state index is 5.93. The van der Waals surface area contributed by atoms with E-state index in [1.54, 1.807) is 0 Å². The van der Waals surface area contributed by atoms with Crippen LogP contribution in [0.2, 0.25) is 5.02 Å². The standard InChI is InChI=1S/C15H22ClNS/c1-2-15(12-6-8-13(16)9-7-12)17-11-14-5-3-4-10-18-14/h6-9,14-15,17H,2-5,10-11H2,1H3. The Morgan fingerprint density at radius 3 is 2.72 bits per heavy atom. The fourth-order valence-corrected chi connectivity index (χ4v) is 3.81. The van der Waals surface area contributed by atoms with E-state index in [4.69, 9.17) is 11.6 Å². The van der Waals surface area contributed by atoms with Gasteiger partial charge in [-0.15, -0.1) is 0 Å². The van der Waals surface area contributed by atoms with Gasteiger partial charge in [-0.3, -0.25) is 0 Å². The predicted octanol–water partition coefficient (Wildman–Crippen LogP) is 4.67. The monoisotopic (exact) mass is 283 g/mol. The van der Waals surface area contributed by atoms with Crippen LogP contribution in [0.25, 0.3) is 0 Å². The van der Waals surface area contributed by atoms with Gasteiger partial charge in [0, 0.05) is 22.9 Å². The Balaban J connectivity index is 1.86. The van der Waals surface area contributed by atoms with E-state index in [2.05, 4.69) is 36.1 Å². The molecule has 1 aliphatic rings. The van der Waals surface area contributed by atoms with E-state index in [0.717, 1.165) is 23.2 Å². The predicted molar refractivity (Wildman–Crippen MR) is 82.6 cm³/mol. The number of rotatable bonds is 5. The molecule has 0 spiro atoms. The summed E-state index contributed by atoms with van der Waals surface area (Å²) >= 11 is 8.06. The first-order valence-corrected chi connectivity index (χ1v) is 8.32. The fourth-order valence-electron chi connectivity index (χ4n) is 2.44. The summed E-state index contributed by atoms with van der Waals surface area (Å²) < 4.78 is 0. The molecule has 18 heavy (non-hydrogen) atoms. The molecule has 0 bridgehead atoms. The van der Waals surface area contributed by atoms with Crippen LogP contribution in [0.4, 0.5) is 0 Å². The molecule has 1 fully saturated rings. The van der Waals surface area contributed by atoms with E-state index in [1.807, 2.05) is 12.1 Å². The van der Waals surface area contributed by atoms with Crippen molar-refractivity contribution >= 4 is 23.4 Å². The molecule has 1 aromatic rings. The first-order valence-electron chi connectivity index (χ1n) is 6.90. The molecular formula is C15H22ClNS. The molecule has 0 saturated carbocycles. The second-order valence-electron chi connectivity index (χ2n) is 4.91. The van der Waals surface area contributed by atoms with E-state index in [1.165, 1.54) is 30.6 Å². The van der Waals surface area contributed by atoms with Gasteiger partial charge in [0.2, 0.25) is 0 Å². The normalized spacial score (nSPS) is 21.8. The summed E-state index contributed by atoms with van der Waals surface area (Å²) in [7, 11) is 0. The Morgan fingerprint density at radius 2 is 2.11 bits per heavy atom. The zero-order valence-corrected chi connectivity index (χ0v) is 12.6. The molecule has 0 aromatic heterocycles. The minimum Gasteiger partial charge on any atom is -0.309 e. The summed E-state index contributed by atoms with van der Waals surface area (Å²) in [5, 5.41) is 5.33. The van der Waals surface area contributed by atoms with Crippen LogP contribution in [-0.2, 0) is 0 Å². The molecule has 100 valence electrons. The molecule has 1 heterocycles. The lowest BCUT2D eigenvalue weighted by atomic mass is 10.0. The molecule has 1 nitrogen and oxygen atoms in total. The molecule has 0 amide bonds. The van der Waals surface area contributed by atoms with Gasteiger partial charge in [0.1, 0.15) is 0 Å². The maximum absolute atomic E-state index is 5.93. The van der Waals surface area contributed by atoms with Gasteiger partial charge in [-0.2, -0.15) is 11.8 Å². The van der Waals surface area contributed by atoms with E-state index in [0.29, 0.717) is 6.04 Å². The molecule has 2 atom stereocenters. The van der Waals surface area contributed by atoms with Crippen LogP contribution in [0, 0.1) is 0 Å². The van der Waals surface area contributed by atoms with Crippen LogP contribution < -0.4 is 5.32 Å². The van der Waals surface area contributed by atoms with Gasteiger partial charge in [0.05, 0.1) is 0 Å². The average molecular weight is 284 g/mol.